The first-order valence-electron chi connectivity index (χ1n) is 7.19. The molecule has 116 valence electrons. The summed E-state index contributed by atoms with van der Waals surface area (Å²) in [5, 5.41) is 15.1. The zero-order valence-corrected chi connectivity index (χ0v) is 12.7. The summed E-state index contributed by atoms with van der Waals surface area (Å²) >= 11 is 0. The maximum atomic E-state index is 11.5. The van der Waals surface area contributed by atoms with E-state index in [0.29, 0.717) is 0 Å². The predicted octanol–water partition coefficient (Wildman–Crippen LogP) is 3.81. The van der Waals surface area contributed by atoms with E-state index in [1.54, 1.807) is 6.92 Å². The Labute approximate surface area is 135 Å². The number of nitriles is 1. The predicted molar refractivity (Wildman–Crippen MR) is 90.1 cm³/mol. The van der Waals surface area contributed by atoms with E-state index in [9.17, 15) is 4.79 Å². The monoisotopic (exact) mass is 307 g/mol. The van der Waals surface area contributed by atoms with Crippen molar-refractivity contribution in [3.8, 4) is 6.07 Å². The van der Waals surface area contributed by atoms with E-state index in [1.807, 2.05) is 60.7 Å². The lowest BCUT2D eigenvalue weighted by Gasteiger charge is -2.07. The van der Waals surface area contributed by atoms with Crippen LogP contribution < -0.4 is 10.6 Å². The number of anilines is 3. The maximum Gasteiger partial charge on any atom is 0.350 e. The van der Waals surface area contributed by atoms with E-state index in [2.05, 4.69) is 10.6 Å². The van der Waals surface area contributed by atoms with E-state index in [1.165, 1.54) is 6.20 Å². The van der Waals surface area contributed by atoms with Crippen molar-refractivity contribution in [3.63, 3.8) is 0 Å². The summed E-state index contributed by atoms with van der Waals surface area (Å²) in [6, 6.07) is 19.2. The van der Waals surface area contributed by atoms with Gasteiger partial charge in [0.15, 0.2) is 5.57 Å². The number of rotatable bonds is 6. The average Bonchev–Trinajstić information content (AvgIpc) is 2.58. The molecule has 0 unspecified atom stereocenters. The first kappa shape index (κ1) is 16.1. The molecule has 0 spiro atoms. The van der Waals surface area contributed by atoms with Crippen molar-refractivity contribution in [2.75, 3.05) is 17.2 Å². The molecule has 0 atom stereocenters. The SMILES string of the molecule is CCOC(=O)/C(C#N)=C\Nc1ccc(Nc2ccccc2)cc1. The quantitative estimate of drug-likeness (QED) is 0.482. The number of hydrogen-bond acceptors (Lipinski definition) is 5. The van der Waals surface area contributed by atoms with E-state index >= 15 is 0 Å². The highest BCUT2D eigenvalue weighted by Crippen LogP contribution is 2.18. The number of hydrogen-bond donors (Lipinski definition) is 2. The Bertz CT molecular complexity index is 716. The summed E-state index contributed by atoms with van der Waals surface area (Å²) in [5.74, 6) is -0.634. The fourth-order valence-electron chi connectivity index (χ4n) is 1.84. The molecule has 2 aromatic carbocycles. The normalized spacial score (nSPS) is 10.5. The summed E-state index contributed by atoms with van der Waals surface area (Å²) in [7, 11) is 0. The average molecular weight is 307 g/mol. The van der Waals surface area contributed by atoms with Crippen LogP contribution in [0.1, 0.15) is 6.92 Å². The number of esters is 1. The highest BCUT2D eigenvalue weighted by molar-refractivity contribution is 5.93. The van der Waals surface area contributed by atoms with Crippen LogP contribution in [0, 0.1) is 11.3 Å². The van der Waals surface area contributed by atoms with E-state index < -0.39 is 5.97 Å². The molecule has 0 bridgehead atoms. The van der Waals surface area contributed by atoms with E-state index in [-0.39, 0.29) is 12.2 Å². The van der Waals surface area contributed by atoms with Crippen LogP contribution in [-0.4, -0.2) is 12.6 Å². The van der Waals surface area contributed by atoms with Crippen LogP contribution >= 0.6 is 0 Å². The molecule has 0 aliphatic rings. The lowest BCUT2D eigenvalue weighted by atomic mass is 10.2. The Morgan fingerprint density at radius 1 is 1.09 bits per heavy atom. The summed E-state index contributed by atoms with van der Waals surface area (Å²) in [4.78, 5) is 11.5. The Kier molecular flexibility index (Phi) is 5.78. The fourth-order valence-corrected chi connectivity index (χ4v) is 1.84. The van der Waals surface area contributed by atoms with Crippen molar-refractivity contribution in [2.24, 2.45) is 0 Å². The molecule has 2 rings (SSSR count). The highest BCUT2D eigenvalue weighted by Gasteiger charge is 2.08. The van der Waals surface area contributed by atoms with Crippen molar-refractivity contribution < 1.29 is 9.53 Å². The van der Waals surface area contributed by atoms with Crippen LogP contribution in [0.25, 0.3) is 0 Å². The second-order valence-corrected chi connectivity index (χ2v) is 4.60. The second kappa shape index (κ2) is 8.25. The van der Waals surface area contributed by atoms with Gasteiger partial charge in [-0.05, 0) is 43.3 Å². The number of benzene rings is 2. The third-order valence-corrected chi connectivity index (χ3v) is 2.95. The number of ether oxygens (including phenoxy) is 1. The number of para-hydroxylation sites is 1. The third kappa shape index (κ3) is 4.90. The molecule has 0 aromatic heterocycles. The largest absolute Gasteiger partial charge is 0.462 e. The zero-order chi connectivity index (χ0) is 16.5. The molecule has 23 heavy (non-hydrogen) atoms. The van der Waals surface area contributed by atoms with Gasteiger partial charge in [0.25, 0.3) is 0 Å². The van der Waals surface area contributed by atoms with Crippen molar-refractivity contribution in [3.05, 3.63) is 66.4 Å². The molecule has 2 N–H and O–H groups in total. The molecular formula is C18H17N3O2. The van der Waals surface area contributed by atoms with Crippen LogP contribution in [0.2, 0.25) is 0 Å². The highest BCUT2D eigenvalue weighted by atomic mass is 16.5. The van der Waals surface area contributed by atoms with Crippen LogP contribution in [0.15, 0.2) is 66.4 Å². The molecule has 0 aliphatic heterocycles. The lowest BCUT2D eigenvalue weighted by Crippen LogP contribution is -2.07. The van der Waals surface area contributed by atoms with Crippen LogP contribution in [0.5, 0.6) is 0 Å². The number of carbonyl (C=O) groups excluding carboxylic acids is 1. The molecule has 0 saturated heterocycles. The smallest absolute Gasteiger partial charge is 0.350 e. The van der Waals surface area contributed by atoms with Crippen LogP contribution in [0.3, 0.4) is 0 Å². The summed E-state index contributed by atoms with van der Waals surface area (Å²) < 4.78 is 4.79. The molecule has 0 saturated carbocycles. The summed E-state index contributed by atoms with van der Waals surface area (Å²) in [5.41, 5.74) is 2.64. The summed E-state index contributed by atoms with van der Waals surface area (Å²) in [6.45, 7) is 1.93. The van der Waals surface area contributed by atoms with Crippen molar-refractivity contribution in [1.82, 2.24) is 0 Å². The topological polar surface area (TPSA) is 74.2 Å². The standard InChI is InChI=1S/C18H17N3O2/c1-2-23-18(22)14(12-19)13-20-15-8-10-17(11-9-15)21-16-6-4-3-5-7-16/h3-11,13,20-21H,2H2,1H3/b14-13-. The molecule has 0 amide bonds. The molecule has 0 heterocycles. The Morgan fingerprint density at radius 3 is 2.30 bits per heavy atom. The molecule has 0 fully saturated rings. The van der Waals surface area contributed by atoms with Crippen molar-refractivity contribution >= 4 is 23.0 Å². The maximum absolute atomic E-state index is 11.5. The van der Waals surface area contributed by atoms with E-state index in [0.717, 1.165) is 17.1 Å². The van der Waals surface area contributed by atoms with Gasteiger partial charge in [0, 0.05) is 23.3 Å². The van der Waals surface area contributed by atoms with Gasteiger partial charge < -0.3 is 15.4 Å². The molecule has 5 nitrogen and oxygen atoms in total. The number of nitrogens with zero attached hydrogens (tertiary/aromatic N) is 1. The minimum Gasteiger partial charge on any atom is -0.462 e. The van der Waals surface area contributed by atoms with Gasteiger partial charge >= 0.3 is 5.97 Å². The zero-order valence-electron chi connectivity index (χ0n) is 12.7. The minimum atomic E-state index is -0.634. The fraction of sp³-hybridized carbons (Fsp3) is 0.111. The van der Waals surface area contributed by atoms with Gasteiger partial charge in [-0.1, -0.05) is 18.2 Å². The first-order chi connectivity index (χ1) is 11.2. The van der Waals surface area contributed by atoms with Crippen molar-refractivity contribution in [1.29, 1.82) is 5.26 Å². The van der Waals surface area contributed by atoms with E-state index in [4.69, 9.17) is 10.00 Å². The van der Waals surface area contributed by atoms with Crippen molar-refractivity contribution in [2.45, 2.75) is 6.92 Å². The first-order valence-corrected chi connectivity index (χ1v) is 7.19. The third-order valence-electron chi connectivity index (χ3n) is 2.95. The van der Waals surface area contributed by atoms with Gasteiger partial charge in [0.1, 0.15) is 6.07 Å². The number of nitrogens with one attached hydrogen (secondary N) is 2. The molecular weight excluding hydrogens is 290 g/mol. The van der Waals surface area contributed by atoms with Gasteiger partial charge in [-0.15, -0.1) is 0 Å². The van der Waals surface area contributed by atoms with Gasteiger partial charge in [0.2, 0.25) is 0 Å². The summed E-state index contributed by atoms with van der Waals surface area (Å²) in [6.07, 6.45) is 1.34. The van der Waals surface area contributed by atoms with Gasteiger partial charge in [-0.2, -0.15) is 5.26 Å². The Morgan fingerprint density at radius 2 is 1.70 bits per heavy atom. The molecule has 0 radical (unpaired) electrons. The van der Waals surface area contributed by atoms with Crippen LogP contribution in [0.4, 0.5) is 17.1 Å². The Balaban J connectivity index is 2.00. The molecule has 2 aromatic rings. The molecule has 0 aliphatic carbocycles. The van der Waals surface area contributed by atoms with Gasteiger partial charge in [0.05, 0.1) is 6.61 Å². The molecule has 5 heteroatoms. The van der Waals surface area contributed by atoms with Gasteiger partial charge in [-0.3, -0.25) is 0 Å². The lowest BCUT2D eigenvalue weighted by molar-refractivity contribution is -0.138. The van der Waals surface area contributed by atoms with Gasteiger partial charge in [-0.25, -0.2) is 4.79 Å². The Hall–Kier alpha value is -3.26. The minimum absolute atomic E-state index is 0.0710. The van der Waals surface area contributed by atoms with Crippen LogP contribution in [-0.2, 0) is 9.53 Å². The number of carbonyl (C=O) groups is 1. The second-order valence-electron chi connectivity index (χ2n) is 4.60.